The number of alkyl carbamates (subject to hydrolysis) is 1. The van der Waals surface area contributed by atoms with Crippen LogP contribution in [0.4, 0.5) is 29.7 Å². The minimum Gasteiger partial charge on any atom is -0.450 e. The SMILES string of the molecule is CCOC(=O)NC[C@H]1CN(c2cc(F)c(N3CCN(C(=O)[C@@H](NC(=O)c4cn5cccnc5n4)C(C)C)CC3)c(F)c2)C(=O)O1. The molecule has 2 aliphatic rings. The van der Waals surface area contributed by atoms with Gasteiger partial charge in [-0.05, 0) is 18.9 Å². The second-order valence-corrected chi connectivity index (χ2v) is 10.9. The Labute approximate surface area is 257 Å². The molecular formula is C29H34F2N8O6. The van der Waals surface area contributed by atoms with Crippen molar-refractivity contribution in [1.29, 1.82) is 0 Å². The zero-order chi connectivity index (χ0) is 32.2. The lowest BCUT2D eigenvalue weighted by Gasteiger charge is -2.38. The van der Waals surface area contributed by atoms with E-state index >= 15 is 8.78 Å². The number of benzene rings is 1. The van der Waals surface area contributed by atoms with Crippen LogP contribution in [0.5, 0.6) is 0 Å². The van der Waals surface area contributed by atoms with Crippen molar-refractivity contribution < 1.29 is 37.4 Å². The largest absolute Gasteiger partial charge is 0.450 e. The number of nitrogens with one attached hydrogen (secondary N) is 2. The highest BCUT2D eigenvalue weighted by molar-refractivity contribution is 5.96. The Balaban J connectivity index is 1.19. The van der Waals surface area contributed by atoms with Gasteiger partial charge in [-0.15, -0.1) is 0 Å². The predicted molar refractivity (Wildman–Crippen MR) is 157 cm³/mol. The van der Waals surface area contributed by atoms with Crippen LogP contribution in [0.1, 0.15) is 31.3 Å². The van der Waals surface area contributed by atoms with Crippen molar-refractivity contribution in [3.63, 3.8) is 0 Å². The molecule has 0 saturated carbocycles. The Kier molecular flexibility index (Phi) is 9.29. The molecule has 1 aromatic carbocycles. The Bertz CT molecular complexity index is 1540. The molecule has 4 amide bonds. The number of cyclic esters (lactones) is 1. The van der Waals surface area contributed by atoms with E-state index in [0.29, 0.717) is 5.78 Å². The maximum Gasteiger partial charge on any atom is 0.414 e. The highest BCUT2D eigenvalue weighted by Gasteiger charge is 2.35. The number of imidazole rings is 1. The molecule has 0 spiro atoms. The predicted octanol–water partition coefficient (Wildman–Crippen LogP) is 2.18. The average Bonchev–Trinajstić information content (AvgIpc) is 3.62. The van der Waals surface area contributed by atoms with Crippen LogP contribution in [0.2, 0.25) is 0 Å². The van der Waals surface area contributed by atoms with Crippen molar-refractivity contribution in [2.75, 3.05) is 55.7 Å². The molecule has 240 valence electrons. The minimum absolute atomic E-state index is 0.0214. The van der Waals surface area contributed by atoms with Crippen LogP contribution in [0.3, 0.4) is 0 Å². The molecule has 16 heteroatoms. The van der Waals surface area contributed by atoms with Gasteiger partial charge in [-0.3, -0.25) is 18.9 Å². The topological polar surface area (TPSA) is 151 Å². The highest BCUT2D eigenvalue weighted by atomic mass is 19.1. The Morgan fingerprint density at radius 2 is 1.84 bits per heavy atom. The first-order valence-electron chi connectivity index (χ1n) is 14.6. The molecule has 3 aromatic rings. The standard InChI is InChI=1S/C29H34F2N8O6/c1-4-44-28(42)33-14-19-15-39(29(43)45-19)18-12-20(30)24(21(31)13-18)36-8-10-37(11-9-36)26(41)23(17(2)3)35-25(40)22-16-38-7-5-6-32-27(38)34-22/h5-7,12-13,16-17,19,23H,4,8-11,14-15H2,1-3H3,(H,33,42)(H,35,40)/t19-,23-/m0/s1. The molecule has 2 aliphatic heterocycles. The number of halogens is 2. The number of fused-ring (bicyclic) bond motifs is 1. The van der Waals surface area contributed by atoms with E-state index in [-0.39, 0.29) is 74.8 Å². The summed E-state index contributed by atoms with van der Waals surface area (Å²) < 4.78 is 42.2. The average molecular weight is 629 g/mol. The van der Waals surface area contributed by atoms with Crippen LogP contribution in [-0.4, -0.2) is 101 Å². The van der Waals surface area contributed by atoms with Crippen LogP contribution in [-0.2, 0) is 14.3 Å². The maximum absolute atomic E-state index is 15.3. The molecule has 0 aliphatic carbocycles. The third-order valence-corrected chi connectivity index (χ3v) is 7.53. The zero-order valence-corrected chi connectivity index (χ0v) is 25.0. The quantitative estimate of drug-likeness (QED) is 0.364. The molecule has 2 aromatic heterocycles. The fraction of sp³-hybridized carbons (Fsp3) is 0.448. The van der Waals surface area contributed by atoms with Gasteiger partial charge in [0.2, 0.25) is 11.7 Å². The summed E-state index contributed by atoms with van der Waals surface area (Å²) in [4.78, 5) is 62.8. The number of hydrogen-bond donors (Lipinski definition) is 2. The van der Waals surface area contributed by atoms with Crippen molar-refractivity contribution in [2.24, 2.45) is 5.92 Å². The summed E-state index contributed by atoms with van der Waals surface area (Å²) in [6.45, 7) is 6.03. The monoisotopic (exact) mass is 628 g/mol. The van der Waals surface area contributed by atoms with Gasteiger partial charge in [0.15, 0.2) is 11.6 Å². The smallest absolute Gasteiger partial charge is 0.414 e. The Morgan fingerprint density at radius 3 is 2.49 bits per heavy atom. The number of piperazine rings is 1. The normalized spacial score (nSPS) is 17.4. The van der Waals surface area contributed by atoms with Crippen LogP contribution in [0.25, 0.3) is 5.78 Å². The molecule has 2 fully saturated rings. The fourth-order valence-electron chi connectivity index (χ4n) is 5.24. The first-order valence-corrected chi connectivity index (χ1v) is 14.6. The minimum atomic E-state index is -0.875. The maximum atomic E-state index is 15.3. The summed E-state index contributed by atoms with van der Waals surface area (Å²) in [5.74, 6) is -2.46. The summed E-state index contributed by atoms with van der Waals surface area (Å²) in [6.07, 6.45) is 2.61. The van der Waals surface area contributed by atoms with E-state index in [4.69, 9.17) is 9.47 Å². The zero-order valence-electron chi connectivity index (χ0n) is 25.0. The summed E-state index contributed by atoms with van der Waals surface area (Å²) in [7, 11) is 0. The van der Waals surface area contributed by atoms with E-state index < -0.39 is 41.9 Å². The van der Waals surface area contributed by atoms with E-state index in [1.165, 1.54) is 11.1 Å². The molecule has 0 radical (unpaired) electrons. The summed E-state index contributed by atoms with van der Waals surface area (Å²) in [5.41, 5.74) is -0.173. The first kappa shape index (κ1) is 31.4. The lowest BCUT2D eigenvalue weighted by Crippen LogP contribution is -2.56. The Hall–Kier alpha value is -5.02. The number of aromatic nitrogens is 3. The molecule has 5 rings (SSSR count). The van der Waals surface area contributed by atoms with Gasteiger partial charge in [-0.25, -0.2) is 28.3 Å². The third-order valence-electron chi connectivity index (χ3n) is 7.53. The van der Waals surface area contributed by atoms with Gasteiger partial charge < -0.3 is 29.9 Å². The van der Waals surface area contributed by atoms with E-state index in [1.54, 1.807) is 34.7 Å². The number of hydrogen-bond acceptors (Lipinski definition) is 9. The molecule has 0 unspecified atom stereocenters. The van der Waals surface area contributed by atoms with Crippen LogP contribution in [0, 0.1) is 17.6 Å². The van der Waals surface area contributed by atoms with Gasteiger partial charge in [0.05, 0.1) is 25.4 Å². The van der Waals surface area contributed by atoms with Gasteiger partial charge >= 0.3 is 12.2 Å². The summed E-state index contributed by atoms with van der Waals surface area (Å²) >= 11 is 0. The molecule has 2 N–H and O–H groups in total. The van der Waals surface area contributed by atoms with Crippen LogP contribution >= 0.6 is 0 Å². The molecule has 4 heterocycles. The fourth-order valence-corrected chi connectivity index (χ4v) is 5.24. The van der Waals surface area contributed by atoms with Gasteiger partial charge in [-0.2, -0.15) is 0 Å². The van der Waals surface area contributed by atoms with E-state index in [0.717, 1.165) is 17.0 Å². The van der Waals surface area contributed by atoms with Gasteiger partial charge in [0.25, 0.3) is 5.91 Å². The number of rotatable bonds is 9. The van der Waals surface area contributed by atoms with Gasteiger partial charge in [0.1, 0.15) is 23.5 Å². The van der Waals surface area contributed by atoms with Crippen molar-refractivity contribution >= 4 is 41.2 Å². The summed E-state index contributed by atoms with van der Waals surface area (Å²) in [5, 5.41) is 5.24. The lowest BCUT2D eigenvalue weighted by atomic mass is 10.0. The Morgan fingerprint density at radius 1 is 1.13 bits per heavy atom. The molecule has 0 bridgehead atoms. The van der Waals surface area contributed by atoms with Crippen LogP contribution < -0.4 is 20.4 Å². The number of anilines is 2. The lowest BCUT2D eigenvalue weighted by molar-refractivity contribution is -0.134. The molecular weight excluding hydrogens is 594 g/mol. The number of nitrogens with zero attached hydrogens (tertiary/aromatic N) is 6. The van der Waals surface area contributed by atoms with Crippen molar-refractivity contribution in [1.82, 2.24) is 29.9 Å². The number of amides is 4. The molecule has 2 saturated heterocycles. The van der Waals surface area contributed by atoms with Crippen LogP contribution in [0.15, 0.2) is 36.8 Å². The second kappa shape index (κ2) is 13.3. The molecule has 2 atom stereocenters. The van der Waals surface area contributed by atoms with Crippen molar-refractivity contribution in [3.05, 3.63) is 54.1 Å². The van der Waals surface area contributed by atoms with Crippen molar-refractivity contribution in [3.8, 4) is 0 Å². The first-order chi connectivity index (χ1) is 21.5. The van der Waals surface area contributed by atoms with E-state index in [9.17, 15) is 19.2 Å². The van der Waals surface area contributed by atoms with Gasteiger partial charge in [0, 0.05) is 56.9 Å². The number of carbonyl (C=O) groups excluding carboxylic acids is 4. The number of carbonyl (C=O) groups is 4. The summed E-state index contributed by atoms with van der Waals surface area (Å²) in [6, 6.07) is 2.97. The number of ether oxygens (including phenoxy) is 2. The second-order valence-electron chi connectivity index (χ2n) is 10.9. The third kappa shape index (κ3) is 6.89. The van der Waals surface area contributed by atoms with E-state index in [2.05, 4.69) is 20.6 Å². The molecule has 45 heavy (non-hydrogen) atoms. The van der Waals surface area contributed by atoms with Gasteiger partial charge in [-0.1, -0.05) is 13.8 Å². The molecule has 14 nitrogen and oxygen atoms in total. The van der Waals surface area contributed by atoms with E-state index in [1.807, 2.05) is 13.8 Å². The van der Waals surface area contributed by atoms with Crippen molar-refractivity contribution in [2.45, 2.75) is 32.9 Å². The highest BCUT2D eigenvalue weighted by Crippen LogP contribution is 2.31.